The van der Waals surface area contributed by atoms with Crippen LogP contribution in [-0.4, -0.2) is 10.2 Å². The van der Waals surface area contributed by atoms with Gasteiger partial charge in [0.1, 0.15) is 4.87 Å². The second-order valence-corrected chi connectivity index (χ2v) is 7.99. The second kappa shape index (κ2) is 9.03. The number of thioether (sulfide) groups is 1. The van der Waals surface area contributed by atoms with Crippen LogP contribution in [0.5, 0.6) is 0 Å². The first kappa shape index (κ1) is 19.4. The van der Waals surface area contributed by atoms with E-state index in [2.05, 4.69) is 97.0 Å². The molecule has 0 N–H and O–H groups in total. The van der Waals surface area contributed by atoms with E-state index in [1.165, 1.54) is 22.5 Å². The van der Waals surface area contributed by atoms with Gasteiger partial charge in [-0.1, -0.05) is 103 Å². The molecule has 1 aliphatic rings. The van der Waals surface area contributed by atoms with Crippen molar-refractivity contribution in [3.63, 3.8) is 0 Å². The van der Waals surface area contributed by atoms with E-state index >= 15 is 0 Å². The number of benzene rings is 3. The van der Waals surface area contributed by atoms with Gasteiger partial charge in [0.05, 0.1) is 0 Å². The van der Waals surface area contributed by atoms with Gasteiger partial charge in [-0.05, 0) is 42.5 Å². The van der Waals surface area contributed by atoms with Gasteiger partial charge < -0.3 is 4.90 Å². The van der Waals surface area contributed by atoms with Gasteiger partial charge in [-0.25, -0.2) is 0 Å². The lowest BCUT2D eigenvalue weighted by molar-refractivity contribution is 0.837. The van der Waals surface area contributed by atoms with Crippen molar-refractivity contribution in [1.82, 2.24) is 0 Å². The normalized spacial score (nSPS) is 18.3. The zero-order chi connectivity index (χ0) is 19.1. The first-order chi connectivity index (χ1) is 13.1. The Hall–Kier alpha value is -2.36. The number of hydrogen-bond acceptors (Lipinski definition) is 3. The molecule has 4 rings (SSSR count). The SMILES string of the molecule is CC1=CSC(C)(C=S)N1c1ccccc1.c1ccc(-c2ccccc2)cc1. The van der Waals surface area contributed by atoms with Crippen molar-refractivity contribution in [2.45, 2.75) is 18.7 Å². The predicted molar refractivity (Wildman–Crippen MR) is 124 cm³/mol. The summed E-state index contributed by atoms with van der Waals surface area (Å²) >= 11 is 6.89. The maximum atomic E-state index is 5.13. The summed E-state index contributed by atoms with van der Waals surface area (Å²) in [7, 11) is 0. The van der Waals surface area contributed by atoms with Crippen LogP contribution in [0.2, 0.25) is 0 Å². The lowest BCUT2D eigenvalue weighted by Gasteiger charge is -2.34. The fourth-order valence-electron chi connectivity index (χ4n) is 3.04. The van der Waals surface area contributed by atoms with Crippen LogP contribution in [-0.2, 0) is 0 Å². The van der Waals surface area contributed by atoms with Crippen molar-refractivity contribution in [3.05, 3.63) is 102 Å². The molecule has 0 radical (unpaired) electrons. The minimum Gasteiger partial charge on any atom is -0.325 e. The summed E-state index contributed by atoms with van der Waals surface area (Å²) in [6.45, 7) is 4.26. The Bertz CT molecular complexity index is 854. The van der Waals surface area contributed by atoms with Crippen molar-refractivity contribution in [2.75, 3.05) is 4.90 Å². The molecule has 3 heteroatoms. The molecule has 0 bridgehead atoms. The Balaban J connectivity index is 0.000000159. The molecule has 1 aliphatic heterocycles. The Morgan fingerprint density at radius 3 is 1.67 bits per heavy atom. The van der Waals surface area contributed by atoms with E-state index in [4.69, 9.17) is 12.2 Å². The zero-order valence-corrected chi connectivity index (χ0v) is 17.2. The van der Waals surface area contributed by atoms with Gasteiger partial charge in [-0.3, -0.25) is 0 Å². The number of rotatable bonds is 3. The average molecular weight is 390 g/mol. The second-order valence-electron chi connectivity index (χ2n) is 6.45. The van der Waals surface area contributed by atoms with Gasteiger partial charge in [-0.2, -0.15) is 0 Å². The highest BCUT2D eigenvalue weighted by molar-refractivity contribution is 8.05. The summed E-state index contributed by atoms with van der Waals surface area (Å²) in [5.74, 6) is 0. The van der Waals surface area contributed by atoms with Crippen LogP contribution in [0.3, 0.4) is 0 Å². The number of nitrogens with zero attached hydrogens (tertiary/aromatic N) is 1. The summed E-state index contributed by atoms with van der Waals surface area (Å²) in [4.78, 5) is 2.14. The average Bonchev–Trinajstić information content (AvgIpc) is 3.05. The maximum Gasteiger partial charge on any atom is 0.120 e. The smallest absolute Gasteiger partial charge is 0.120 e. The fourth-order valence-corrected chi connectivity index (χ4v) is 4.24. The minimum absolute atomic E-state index is 0.124. The molecule has 0 saturated heterocycles. The van der Waals surface area contributed by atoms with Crippen molar-refractivity contribution in [2.24, 2.45) is 0 Å². The molecule has 1 heterocycles. The topological polar surface area (TPSA) is 3.24 Å². The van der Waals surface area contributed by atoms with Gasteiger partial charge in [0.2, 0.25) is 0 Å². The van der Waals surface area contributed by atoms with Gasteiger partial charge >= 0.3 is 0 Å². The Morgan fingerprint density at radius 1 is 0.778 bits per heavy atom. The molecule has 0 aliphatic carbocycles. The molecular formula is C24H23NS2. The highest BCUT2D eigenvalue weighted by Crippen LogP contribution is 2.42. The van der Waals surface area contributed by atoms with E-state index in [0.29, 0.717) is 0 Å². The highest BCUT2D eigenvalue weighted by atomic mass is 32.2. The van der Waals surface area contributed by atoms with Gasteiger partial charge in [0.25, 0.3) is 0 Å². The molecule has 136 valence electrons. The summed E-state index contributed by atoms with van der Waals surface area (Å²) in [6, 6.07) is 31.1. The number of hydrogen-bond donors (Lipinski definition) is 0. The Labute approximate surface area is 171 Å². The largest absolute Gasteiger partial charge is 0.325 e. The summed E-state index contributed by atoms with van der Waals surface area (Å²) < 4.78 is 0. The molecule has 0 aromatic heterocycles. The van der Waals surface area contributed by atoms with Gasteiger partial charge in [-0.15, -0.1) is 0 Å². The zero-order valence-electron chi connectivity index (χ0n) is 15.6. The third-order valence-electron chi connectivity index (χ3n) is 4.38. The standard InChI is InChI=1S/C12H13NS2.C12H10/c1-10-8-15-12(2,9-14)13(10)11-6-4-3-5-7-11;1-3-7-11(8-4-1)12-9-5-2-6-10-12/h3-9H,1-2H3;1-10H. The van der Waals surface area contributed by atoms with Crippen LogP contribution >= 0.6 is 24.0 Å². The van der Waals surface area contributed by atoms with E-state index in [1.807, 2.05) is 23.6 Å². The van der Waals surface area contributed by atoms with Crippen molar-refractivity contribution in [1.29, 1.82) is 0 Å². The number of anilines is 1. The predicted octanol–water partition coefficient (Wildman–Crippen LogP) is 7.17. The molecule has 27 heavy (non-hydrogen) atoms. The summed E-state index contributed by atoms with van der Waals surface area (Å²) in [5.41, 5.74) is 4.99. The van der Waals surface area contributed by atoms with Crippen molar-refractivity contribution >= 4 is 35.0 Å². The van der Waals surface area contributed by atoms with Crippen LogP contribution in [0.1, 0.15) is 13.8 Å². The molecule has 3 aromatic rings. The van der Waals surface area contributed by atoms with E-state index < -0.39 is 0 Å². The van der Waals surface area contributed by atoms with Crippen LogP contribution in [0.15, 0.2) is 102 Å². The number of thiocarbonyl (C=S) groups is 1. The Morgan fingerprint density at radius 2 is 1.22 bits per heavy atom. The molecule has 0 saturated carbocycles. The molecule has 3 aromatic carbocycles. The lowest BCUT2D eigenvalue weighted by Crippen LogP contribution is -2.40. The van der Waals surface area contributed by atoms with Crippen molar-refractivity contribution < 1.29 is 0 Å². The third kappa shape index (κ3) is 4.68. The molecule has 1 unspecified atom stereocenters. The lowest BCUT2D eigenvalue weighted by atomic mass is 10.1. The highest BCUT2D eigenvalue weighted by Gasteiger charge is 2.35. The monoisotopic (exact) mass is 389 g/mol. The van der Waals surface area contributed by atoms with Crippen LogP contribution in [0.4, 0.5) is 5.69 Å². The van der Waals surface area contributed by atoms with Gasteiger partial charge in [0, 0.05) is 16.8 Å². The minimum atomic E-state index is -0.124. The van der Waals surface area contributed by atoms with E-state index in [1.54, 1.807) is 11.8 Å². The molecular weight excluding hydrogens is 366 g/mol. The number of para-hydroxylation sites is 1. The van der Waals surface area contributed by atoms with E-state index in [9.17, 15) is 0 Å². The summed E-state index contributed by atoms with van der Waals surface area (Å²) in [5, 5.41) is 3.99. The van der Waals surface area contributed by atoms with Crippen LogP contribution < -0.4 is 4.90 Å². The van der Waals surface area contributed by atoms with E-state index in [0.717, 1.165) is 0 Å². The molecule has 1 nitrogen and oxygen atoms in total. The molecule has 1 atom stereocenters. The number of allylic oxidation sites excluding steroid dienone is 1. The molecule has 0 spiro atoms. The third-order valence-corrected chi connectivity index (χ3v) is 6.22. The maximum absolute atomic E-state index is 5.13. The van der Waals surface area contributed by atoms with Gasteiger partial charge in [0.15, 0.2) is 0 Å². The summed E-state index contributed by atoms with van der Waals surface area (Å²) in [6.07, 6.45) is 0. The molecule has 0 fully saturated rings. The van der Waals surface area contributed by atoms with Crippen molar-refractivity contribution in [3.8, 4) is 11.1 Å². The first-order valence-corrected chi connectivity index (χ1v) is 10.3. The quantitative estimate of drug-likeness (QED) is 0.437. The van der Waals surface area contributed by atoms with Crippen LogP contribution in [0, 0.1) is 0 Å². The Kier molecular flexibility index (Phi) is 6.49. The molecule has 0 amide bonds. The van der Waals surface area contributed by atoms with Crippen LogP contribution in [0.25, 0.3) is 11.1 Å². The first-order valence-electron chi connectivity index (χ1n) is 8.91. The van der Waals surface area contributed by atoms with E-state index in [-0.39, 0.29) is 4.87 Å². The fraction of sp³-hybridized carbons (Fsp3) is 0.125.